The molecule has 0 atom stereocenters. The van der Waals surface area contributed by atoms with Crippen LogP contribution in [0.5, 0.6) is 0 Å². The lowest BCUT2D eigenvalue weighted by molar-refractivity contribution is 0.563. The minimum Gasteiger partial charge on any atom is -0.461 e. The summed E-state index contributed by atoms with van der Waals surface area (Å²) in [6.45, 7) is 0. The van der Waals surface area contributed by atoms with Crippen LogP contribution < -0.4 is 0 Å². The number of rotatable bonds is 2. The summed E-state index contributed by atoms with van der Waals surface area (Å²) < 4.78 is 7.03. The van der Waals surface area contributed by atoms with Gasteiger partial charge in [-0.25, -0.2) is 0 Å². The van der Waals surface area contributed by atoms with Gasteiger partial charge >= 0.3 is 0 Å². The standard InChI is InChI=1S/C19H13BrO/c20-16-8-9-19-15(10-16)12-17(21-19)11-14-6-3-5-13-4-1-2-7-18(13)14/h1-10,12H,11H2. The second kappa shape index (κ2) is 5.05. The highest BCUT2D eigenvalue weighted by Crippen LogP contribution is 2.27. The molecule has 4 aromatic rings. The van der Waals surface area contributed by atoms with Crippen LogP contribution >= 0.6 is 15.9 Å². The molecule has 102 valence electrons. The Hall–Kier alpha value is -2.06. The third-order valence-electron chi connectivity index (χ3n) is 3.77. The summed E-state index contributed by atoms with van der Waals surface area (Å²) in [5.41, 5.74) is 2.24. The molecule has 0 spiro atoms. The molecule has 0 amide bonds. The van der Waals surface area contributed by atoms with Gasteiger partial charge in [-0.1, -0.05) is 58.4 Å². The van der Waals surface area contributed by atoms with Gasteiger partial charge in [0.15, 0.2) is 0 Å². The van der Waals surface area contributed by atoms with Crippen molar-refractivity contribution in [2.75, 3.05) is 0 Å². The van der Waals surface area contributed by atoms with Crippen molar-refractivity contribution >= 4 is 37.7 Å². The van der Waals surface area contributed by atoms with Crippen molar-refractivity contribution in [2.24, 2.45) is 0 Å². The molecule has 4 rings (SSSR count). The average molecular weight is 337 g/mol. The summed E-state index contributed by atoms with van der Waals surface area (Å²) in [6.07, 6.45) is 0.813. The topological polar surface area (TPSA) is 13.1 Å². The van der Waals surface area contributed by atoms with E-state index in [1.807, 2.05) is 12.1 Å². The van der Waals surface area contributed by atoms with Crippen molar-refractivity contribution in [3.05, 3.63) is 82.5 Å². The Morgan fingerprint density at radius 2 is 1.67 bits per heavy atom. The third-order valence-corrected chi connectivity index (χ3v) is 4.27. The van der Waals surface area contributed by atoms with Gasteiger partial charge in [-0.3, -0.25) is 0 Å². The molecule has 0 aliphatic rings. The Kier molecular flexibility index (Phi) is 3.04. The predicted molar refractivity (Wildman–Crippen MR) is 90.7 cm³/mol. The lowest BCUT2D eigenvalue weighted by atomic mass is 10.0. The van der Waals surface area contributed by atoms with Crippen LogP contribution in [0.3, 0.4) is 0 Å². The van der Waals surface area contributed by atoms with Gasteiger partial charge in [0.2, 0.25) is 0 Å². The molecule has 2 heteroatoms. The second-order valence-electron chi connectivity index (χ2n) is 5.21. The van der Waals surface area contributed by atoms with E-state index < -0.39 is 0 Å². The number of hydrogen-bond acceptors (Lipinski definition) is 1. The van der Waals surface area contributed by atoms with Crippen LogP contribution in [0, 0.1) is 0 Å². The maximum Gasteiger partial charge on any atom is 0.134 e. The van der Waals surface area contributed by atoms with Crippen LogP contribution in [0.1, 0.15) is 11.3 Å². The van der Waals surface area contributed by atoms with Gasteiger partial charge in [0.05, 0.1) is 0 Å². The Labute approximate surface area is 131 Å². The SMILES string of the molecule is Brc1ccc2oc(Cc3cccc4ccccc34)cc2c1. The quantitative estimate of drug-likeness (QED) is 0.441. The van der Waals surface area contributed by atoms with Gasteiger partial charge in [0.1, 0.15) is 11.3 Å². The molecule has 0 bridgehead atoms. The van der Waals surface area contributed by atoms with E-state index in [0.717, 1.165) is 27.6 Å². The second-order valence-corrected chi connectivity index (χ2v) is 6.13. The lowest BCUT2D eigenvalue weighted by Crippen LogP contribution is -1.87. The highest BCUT2D eigenvalue weighted by atomic mass is 79.9. The zero-order valence-corrected chi connectivity index (χ0v) is 12.9. The number of fused-ring (bicyclic) bond motifs is 2. The van der Waals surface area contributed by atoms with Gasteiger partial charge < -0.3 is 4.42 Å². The maximum absolute atomic E-state index is 5.96. The van der Waals surface area contributed by atoms with Crippen LogP contribution in [-0.2, 0) is 6.42 Å². The van der Waals surface area contributed by atoms with Crippen LogP contribution in [0.15, 0.2) is 75.6 Å². The average Bonchev–Trinajstić information content (AvgIpc) is 2.89. The van der Waals surface area contributed by atoms with Crippen molar-refractivity contribution in [3.63, 3.8) is 0 Å². The van der Waals surface area contributed by atoms with Gasteiger partial charge in [-0.05, 0) is 40.6 Å². The van der Waals surface area contributed by atoms with E-state index in [4.69, 9.17) is 4.42 Å². The Morgan fingerprint density at radius 3 is 2.62 bits per heavy atom. The molecule has 0 N–H and O–H groups in total. The minimum absolute atomic E-state index is 0.813. The summed E-state index contributed by atoms with van der Waals surface area (Å²) in [6, 6.07) is 23.1. The van der Waals surface area contributed by atoms with E-state index >= 15 is 0 Å². The fourth-order valence-electron chi connectivity index (χ4n) is 2.79. The van der Waals surface area contributed by atoms with Gasteiger partial charge in [0.25, 0.3) is 0 Å². The largest absolute Gasteiger partial charge is 0.461 e. The van der Waals surface area contributed by atoms with Crippen molar-refractivity contribution in [2.45, 2.75) is 6.42 Å². The van der Waals surface area contributed by atoms with Crippen molar-refractivity contribution in [1.82, 2.24) is 0 Å². The van der Waals surface area contributed by atoms with Crippen molar-refractivity contribution in [1.29, 1.82) is 0 Å². The molecular weight excluding hydrogens is 324 g/mol. The molecule has 1 heterocycles. The molecule has 1 nitrogen and oxygen atoms in total. The molecule has 0 saturated heterocycles. The first-order valence-corrected chi connectivity index (χ1v) is 7.73. The number of furan rings is 1. The molecule has 0 aliphatic carbocycles. The van der Waals surface area contributed by atoms with Gasteiger partial charge in [-0.2, -0.15) is 0 Å². The van der Waals surface area contributed by atoms with E-state index in [2.05, 4.69) is 70.5 Å². The van der Waals surface area contributed by atoms with E-state index in [-0.39, 0.29) is 0 Å². The summed E-state index contributed by atoms with van der Waals surface area (Å²) in [4.78, 5) is 0. The molecule has 3 aromatic carbocycles. The van der Waals surface area contributed by atoms with E-state index in [0.29, 0.717) is 0 Å². The molecule has 0 aliphatic heterocycles. The molecule has 0 radical (unpaired) electrons. The Morgan fingerprint density at radius 1 is 0.810 bits per heavy atom. The number of benzene rings is 3. The predicted octanol–water partition coefficient (Wildman–Crippen LogP) is 5.94. The van der Waals surface area contributed by atoms with Crippen LogP contribution in [0.2, 0.25) is 0 Å². The van der Waals surface area contributed by atoms with E-state index in [1.54, 1.807) is 0 Å². The lowest BCUT2D eigenvalue weighted by Gasteiger charge is -2.04. The van der Waals surface area contributed by atoms with Crippen LogP contribution in [0.25, 0.3) is 21.7 Å². The summed E-state index contributed by atoms with van der Waals surface area (Å²) in [5, 5.41) is 3.70. The summed E-state index contributed by atoms with van der Waals surface area (Å²) >= 11 is 3.50. The maximum atomic E-state index is 5.96. The Bertz CT molecular complexity index is 931. The number of hydrogen-bond donors (Lipinski definition) is 0. The zero-order valence-electron chi connectivity index (χ0n) is 11.3. The normalized spacial score (nSPS) is 11.3. The van der Waals surface area contributed by atoms with Crippen molar-refractivity contribution in [3.8, 4) is 0 Å². The first kappa shape index (κ1) is 12.7. The fourth-order valence-corrected chi connectivity index (χ4v) is 3.17. The first-order chi connectivity index (χ1) is 10.3. The van der Waals surface area contributed by atoms with Gasteiger partial charge in [-0.15, -0.1) is 0 Å². The Balaban J connectivity index is 1.79. The fraction of sp³-hybridized carbons (Fsp3) is 0.0526. The zero-order chi connectivity index (χ0) is 14.2. The summed E-state index contributed by atoms with van der Waals surface area (Å²) in [5.74, 6) is 0.999. The summed E-state index contributed by atoms with van der Waals surface area (Å²) in [7, 11) is 0. The highest BCUT2D eigenvalue weighted by molar-refractivity contribution is 9.10. The van der Waals surface area contributed by atoms with Crippen molar-refractivity contribution < 1.29 is 4.42 Å². The van der Waals surface area contributed by atoms with E-state index in [1.165, 1.54) is 16.3 Å². The molecule has 0 unspecified atom stereocenters. The van der Waals surface area contributed by atoms with Crippen LogP contribution in [0.4, 0.5) is 0 Å². The molecular formula is C19H13BrO. The first-order valence-electron chi connectivity index (χ1n) is 6.94. The molecule has 0 fully saturated rings. The number of halogens is 1. The molecule has 21 heavy (non-hydrogen) atoms. The smallest absolute Gasteiger partial charge is 0.134 e. The monoisotopic (exact) mass is 336 g/mol. The molecule has 0 saturated carbocycles. The molecule has 1 aromatic heterocycles. The van der Waals surface area contributed by atoms with Gasteiger partial charge in [0, 0.05) is 16.3 Å². The third kappa shape index (κ3) is 2.36. The highest BCUT2D eigenvalue weighted by Gasteiger charge is 2.07. The van der Waals surface area contributed by atoms with E-state index in [9.17, 15) is 0 Å². The minimum atomic E-state index is 0.813. The van der Waals surface area contributed by atoms with Crippen LogP contribution in [-0.4, -0.2) is 0 Å².